The lowest BCUT2D eigenvalue weighted by Crippen LogP contribution is -2.27. The molecular weight excluding hydrogens is 240 g/mol. The number of hydrogen-bond donors (Lipinski definition) is 0. The van der Waals surface area contributed by atoms with E-state index in [2.05, 4.69) is 9.88 Å². The number of alkyl halides is 1. The van der Waals surface area contributed by atoms with E-state index in [9.17, 15) is 0 Å². The highest BCUT2D eigenvalue weighted by Crippen LogP contribution is 2.27. The molecule has 5 heteroatoms. The number of nitrogens with zero attached hydrogens (tertiary/aromatic N) is 2. The summed E-state index contributed by atoms with van der Waals surface area (Å²) in [6, 6.07) is 1.99. The summed E-state index contributed by atoms with van der Waals surface area (Å²) >= 11 is 5.92. The predicted octanol–water partition coefficient (Wildman–Crippen LogP) is 1.67. The van der Waals surface area contributed by atoms with Gasteiger partial charge in [0.2, 0.25) is 0 Å². The minimum Gasteiger partial charge on any atom is -0.377 e. The first kappa shape index (κ1) is 12.6. The van der Waals surface area contributed by atoms with Gasteiger partial charge in [-0.15, -0.1) is 11.6 Å². The Morgan fingerprint density at radius 3 is 2.53 bits per heavy atom. The fraction of sp³-hybridized carbons (Fsp3) is 0.583. The van der Waals surface area contributed by atoms with E-state index >= 15 is 0 Å². The standard InChI is InChI=1S/C12H17ClN2O2/c1-16-11-7-15(8-12(11)17-2)10-3-4-14-6-9(10)5-13/h3-4,6,11-12H,5,7-8H2,1-2H3. The van der Waals surface area contributed by atoms with Crippen molar-refractivity contribution in [1.29, 1.82) is 0 Å². The molecule has 1 aliphatic rings. The van der Waals surface area contributed by atoms with Gasteiger partial charge in [0, 0.05) is 51.0 Å². The molecule has 0 spiro atoms. The number of halogens is 1. The molecule has 2 unspecified atom stereocenters. The van der Waals surface area contributed by atoms with Gasteiger partial charge in [-0.2, -0.15) is 0 Å². The molecule has 0 amide bonds. The van der Waals surface area contributed by atoms with E-state index in [0.29, 0.717) is 5.88 Å². The van der Waals surface area contributed by atoms with Crippen LogP contribution in [-0.2, 0) is 15.4 Å². The van der Waals surface area contributed by atoms with E-state index in [1.54, 1.807) is 20.4 Å². The number of methoxy groups -OCH3 is 2. The smallest absolute Gasteiger partial charge is 0.102 e. The number of anilines is 1. The highest BCUT2D eigenvalue weighted by Gasteiger charge is 2.33. The topological polar surface area (TPSA) is 34.6 Å². The molecule has 1 aromatic rings. The summed E-state index contributed by atoms with van der Waals surface area (Å²) in [6.07, 6.45) is 3.81. The van der Waals surface area contributed by atoms with Crippen LogP contribution in [0.1, 0.15) is 5.56 Å². The molecule has 2 heterocycles. The molecule has 94 valence electrons. The normalized spacial score (nSPS) is 24.3. The summed E-state index contributed by atoms with van der Waals surface area (Å²) in [6.45, 7) is 1.64. The third-order valence-electron chi connectivity index (χ3n) is 3.18. The minimum absolute atomic E-state index is 0.108. The van der Waals surface area contributed by atoms with Gasteiger partial charge < -0.3 is 14.4 Å². The fourth-order valence-corrected chi connectivity index (χ4v) is 2.43. The number of ether oxygens (including phenoxy) is 2. The second-order valence-corrected chi connectivity index (χ2v) is 4.36. The van der Waals surface area contributed by atoms with Crippen LogP contribution >= 0.6 is 11.6 Å². The summed E-state index contributed by atoms with van der Waals surface area (Å²) in [7, 11) is 3.43. The molecule has 0 bridgehead atoms. The number of pyridine rings is 1. The summed E-state index contributed by atoms with van der Waals surface area (Å²) < 4.78 is 10.8. The van der Waals surface area contributed by atoms with E-state index in [1.807, 2.05) is 12.3 Å². The molecule has 0 N–H and O–H groups in total. The van der Waals surface area contributed by atoms with Gasteiger partial charge >= 0.3 is 0 Å². The van der Waals surface area contributed by atoms with Crippen molar-refractivity contribution in [2.24, 2.45) is 0 Å². The first-order valence-electron chi connectivity index (χ1n) is 5.59. The van der Waals surface area contributed by atoms with Gasteiger partial charge in [-0.05, 0) is 6.07 Å². The minimum atomic E-state index is 0.108. The van der Waals surface area contributed by atoms with Crippen LogP contribution < -0.4 is 4.90 Å². The lowest BCUT2D eigenvalue weighted by molar-refractivity contribution is -0.00461. The van der Waals surface area contributed by atoms with Crippen LogP contribution in [0.5, 0.6) is 0 Å². The number of aromatic nitrogens is 1. The van der Waals surface area contributed by atoms with Gasteiger partial charge in [-0.25, -0.2) is 0 Å². The van der Waals surface area contributed by atoms with Crippen molar-refractivity contribution in [1.82, 2.24) is 4.98 Å². The fourth-order valence-electron chi connectivity index (χ4n) is 2.22. The van der Waals surface area contributed by atoms with Gasteiger partial charge in [-0.1, -0.05) is 0 Å². The van der Waals surface area contributed by atoms with E-state index in [-0.39, 0.29) is 12.2 Å². The van der Waals surface area contributed by atoms with Crippen LogP contribution in [0.15, 0.2) is 18.5 Å². The van der Waals surface area contributed by atoms with Crippen LogP contribution in [0.4, 0.5) is 5.69 Å². The Bertz CT molecular complexity index is 363. The molecule has 17 heavy (non-hydrogen) atoms. The molecule has 2 rings (SSSR count). The number of hydrogen-bond acceptors (Lipinski definition) is 4. The molecule has 0 saturated carbocycles. The zero-order valence-electron chi connectivity index (χ0n) is 10.1. The van der Waals surface area contributed by atoms with Crippen LogP contribution in [0.25, 0.3) is 0 Å². The molecule has 0 radical (unpaired) electrons. The Morgan fingerprint density at radius 1 is 1.35 bits per heavy atom. The van der Waals surface area contributed by atoms with Crippen LogP contribution in [-0.4, -0.2) is 44.5 Å². The molecular formula is C12H17ClN2O2. The summed E-state index contributed by atoms with van der Waals surface area (Å²) in [5.74, 6) is 0.467. The SMILES string of the molecule is COC1CN(c2ccncc2CCl)CC1OC. The van der Waals surface area contributed by atoms with E-state index in [0.717, 1.165) is 24.3 Å². The Balaban J connectivity index is 2.18. The molecule has 0 aromatic carbocycles. The Kier molecular flexibility index (Phi) is 4.20. The molecule has 2 atom stereocenters. The zero-order chi connectivity index (χ0) is 12.3. The second-order valence-electron chi connectivity index (χ2n) is 4.09. The van der Waals surface area contributed by atoms with Gasteiger partial charge in [0.15, 0.2) is 0 Å². The van der Waals surface area contributed by atoms with Crippen LogP contribution in [0.2, 0.25) is 0 Å². The first-order chi connectivity index (χ1) is 8.30. The van der Waals surface area contributed by atoms with Crippen molar-refractivity contribution < 1.29 is 9.47 Å². The molecule has 1 fully saturated rings. The molecule has 0 aliphatic carbocycles. The van der Waals surface area contributed by atoms with Crippen molar-refractivity contribution in [3.63, 3.8) is 0 Å². The van der Waals surface area contributed by atoms with E-state index in [1.165, 1.54) is 0 Å². The third kappa shape index (κ3) is 2.54. The summed E-state index contributed by atoms with van der Waals surface area (Å²) in [5, 5.41) is 0. The van der Waals surface area contributed by atoms with Crippen LogP contribution in [0, 0.1) is 0 Å². The predicted molar refractivity (Wildman–Crippen MR) is 67.6 cm³/mol. The first-order valence-corrected chi connectivity index (χ1v) is 6.13. The monoisotopic (exact) mass is 256 g/mol. The lowest BCUT2D eigenvalue weighted by Gasteiger charge is -2.20. The van der Waals surface area contributed by atoms with Gasteiger partial charge in [0.05, 0.1) is 5.88 Å². The average molecular weight is 257 g/mol. The number of rotatable bonds is 4. The maximum absolute atomic E-state index is 5.92. The Hall–Kier alpha value is -0.840. The second kappa shape index (κ2) is 5.67. The van der Waals surface area contributed by atoms with Gasteiger partial charge in [-0.3, -0.25) is 4.98 Å². The van der Waals surface area contributed by atoms with Crippen molar-refractivity contribution in [3.05, 3.63) is 24.0 Å². The van der Waals surface area contributed by atoms with Crippen LogP contribution in [0.3, 0.4) is 0 Å². The highest BCUT2D eigenvalue weighted by molar-refractivity contribution is 6.17. The average Bonchev–Trinajstić information content (AvgIpc) is 2.81. The largest absolute Gasteiger partial charge is 0.377 e. The lowest BCUT2D eigenvalue weighted by atomic mass is 10.2. The Morgan fingerprint density at radius 2 is 2.00 bits per heavy atom. The van der Waals surface area contributed by atoms with Crippen molar-refractivity contribution in [2.75, 3.05) is 32.2 Å². The highest BCUT2D eigenvalue weighted by atomic mass is 35.5. The third-order valence-corrected chi connectivity index (χ3v) is 3.47. The van der Waals surface area contributed by atoms with Crippen molar-refractivity contribution >= 4 is 17.3 Å². The van der Waals surface area contributed by atoms with Crippen molar-refractivity contribution in [2.45, 2.75) is 18.1 Å². The van der Waals surface area contributed by atoms with E-state index in [4.69, 9.17) is 21.1 Å². The summed E-state index contributed by atoms with van der Waals surface area (Å²) in [5.41, 5.74) is 2.16. The van der Waals surface area contributed by atoms with E-state index < -0.39 is 0 Å². The van der Waals surface area contributed by atoms with Gasteiger partial charge in [0.25, 0.3) is 0 Å². The summed E-state index contributed by atoms with van der Waals surface area (Å²) in [4.78, 5) is 6.33. The molecule has 1 saturated heterocycles. The molecule has 1 aromatic heterocycles. The maximum Gasteiger partial charge on any atom is 0.102 e. The zero-order valence-corrected chi connectivity index (χ0v) is 10.9. The Labute approximate surface area is 106 Å². The quantitative estimate of drug-likeness (QED) is 0.768. The van der Waals surface area contributed by atoms with Crippen molar-refractivity contribution in [3.8, 4) is 0 Å². The molecule has 1 aliphatic heterocycles. The molecule has 4 nitrogen and oxygen atoms in total. The maximum atomic E-state index is 5.92. The van der Waals surface area contributed by atoms with Gasteiger partial charge in [0.1, 0.15) is 12.2 Å².